The fourth-order valence-corrected chi connectivity index (χ4v) is 5.46. The van der Waals surface area contributed by atoms with E-state index in [4.69, 9.17) is 23.2 Å². The van der Waals surface area contributed by atoms with Crippen LogP contribution in [-0.2, 0) is 26.2 Å². The first-order valence-corrected chi connectivity index (χ1v) is 15.1. The number of nitrogens with zero attached hydrogens (tertiary/aromatic N) is 2. The van der Waals surface area contributed by atoms with E-state index in [0.717, 1.165) is 33.4 Å². The zero-order valence-corrected chi connectivity index (χ0v) is 24.6. The van der Waals surface area contributed by atoms with Crippen LogP contribution in [0.15, 0.2) is 46.9 Å². The summed E-state index contributed by atoms with van der Waals surface area (Å²) in [6, 6.07) is 11.4. The van der Waals surface area contributed by atoms with E-state index in [2.05, 4.69) is 21.2 Å². The predicted octanol–water partition coefficient (Wildman–Crippen LogP) is 5.64. The van der Waals surface area contributed by atoms with Gasteiger partial charge in [-0.05, 0) is 55.7 Å². The van der Waals surface area contributed by atoms with Gasteiger partial charge in [-0.1, -0.05) is 64.6 Å². The Hall–Kier alpha value is -1.81. The zero-order valence-electron chi connectivity index (χ0n) is 20.6. The van der Waals surface area contributed by atoms with Crippen molar-refractivity contribution >= 4 is 66.7 Å². The second-order valence-electron chi connectivity index (χ2n) is 8.51. The lowest BCUT2D eigenvalue weighted by molar-refractivity contribution is -0.140. The summed E-state index contributed by atoms with van der Waals surface area (Å²) in [5.74, 6) is -0.478. The minimum atomic E-state index is -3.68. The molecule has 0 fully saturated rings. The summed E-state index contributed by atoms with van der Waals surface area (Å²) in [5.41, 5.74) is 1.13. The van der Waals surface area contributed by atoms with Gasteiger partial charge >= 0.3 is 0 Å². The van der Waals surface area contributed by atoms with Crippen molar-refractivity contribution in [3.63, 3.8) is 0 Å². The quantitative estimate of drug-likeness (QED) is 0.294. The Kier molecular flexibility index (Phi) is 12.0. The molecule has 0 aliphatic heterocycles. The Morgan fingerprint density at radius 2 is 1.83 bits per heavy atom. The van der Waals surface area contributed by atoms with Gasteiger partial charge in [0.1, 0.15) is 6.04 Å². The molecule has 0 spiro atoms. The Bertz CT molecular complexity index is 1160. The Balaban J connectivity index is 2.18. The second-order valence-corrected chi connectivity index (χ2v) is 12.2. The number of anilines is 1. The number of unbranched alkanes of at least 4 members (excludes halogenated alkanes) is 1. The van der Waals surface area contributed by atoms with Crippen LogP contribution < -0.4 is 9.62 Å². The number of sulfonamides is 1. The van der Waals surface area contributed by atoms with Gasteiger partial charge < -0.3 is 10.2 Å². The van der Waals surface area contributed by atoms with Gasteiger partial charge in [0.15, 0.2) is 0 Å². The average molecular weight is 621 g/mol. The summed E-state index contributed by atoms with van der Waals surface area (Å²) in [4.78, 5) is 27.6. The highest BCUT2D eigenvalue weighted by Gasteiger charge is 2.27. The van der Waals surface area contributed by atoms with E-state index in [9.17, 15) is 18.0 Å². The molecule has 1 N–H and O–H groups in total. The van der Waals surface area contributed by atoms with Gasteiger partial charge in [0, 0.05) is 35.6 Å². The fraction of sp³-hybridized carbons (Fsp3) is 0.440. The molecule has 0 aromatic heterocycles. The number of carbonyl (C=O) groups excluding carboxylic acids is 2. The average Bonchev–Trinajstić information content (AvgIpc) is 2.81. The van der Waals surface area contributed by atoms with E-state index >= 15 is 0 Å². The molecule has 7 nitrogen and oxygen atoms in total. The molecule has 0 bridgehead atoms. The van der Waals surface area contributed by atoms with E-state index in [1.807, 2.05) is 31.2 Å². The smallest absolute Gasteiger partial charge is 0.242 e. The van der Waals surface area contributed by atoms with Crippen LogP contribution in [0, 0.1) is 0 Å². The summed E-state index contributed by atoms with van der Waals surface area (Å²) in [5, 5.41) is 3.48. The zero-order chi connectivity index (χ0) is 26.9. The second kappa shape index (κ2) is 14.2. The number of carbonyl (C=O) groups is 2. The van der Waals surface area contributed by atoms with Gasteiger partial charge in [0.25, 0.3) is 0 Å². The minimum absolute atomic E-state index is 0.0342. The molecule has 0 heterocycles. The highest BCUT2D eigenvalue weighted by atomic mass is 79.9. The van der Waals surface area contributed by atoms with Crippen molar-refractivity contribution < 1.29 is 18.0 Å². The van der Waals surface area contributed by atoms with Crippen molar-refractivity contribution in [2.24, 2.45) is 0 Å². The lowest BCUT2D eigenvalue weighted by atomic mass is 10.1. The first-order chi connectivity index (χ1) is 16.9. The summed E-state index contributed by atoms with van der Waals surface area (Å²) >= 11 is 15.7. The molecule has 2 aromatic carbocycles. The molecule has 2 amide bonds. The minimum Gasteiger partial charge on any atom is -0.354 e. The number of hydrogen-bond acceptors (Lipinski definition) is 4. The van der Waals surface area contributed by atoms with Gasteiger partial charge in [-0.3, -0.25) is 13.9 Å². The van der Waals surface area contributed by atoms with Crippen LogP contribution in [0.5, 0.6) is 0 Å². The molecule has 0 radical (unpaired) electrons. The molecule has 2 aromatic rings. The molecule has 2 rings (SSSR count). The maximum absolute atomic E-state index is 13.3. The SMILES string of the molecule is CCCCNC(=O)[C@@H](C)N(Cc1cccc(Br)c1)C(=O)CCCN(c1cc(Cl)ccc1Cl)S(C)(=O)=O. The molecular formula is C25H32BrCl2N3O4S. The first kappa shape index (κ1) is 30.4. The predicted molar refractivity (Wildman–Crippen MR) is 150 cm³/mol. The van der Waals surface area contributed by atoms with Crippen molar-refractivity contribution in [1.82, 2.24) is 10.2 Å². The molecule has 0 saturated heterocycles. The maximum Gasteiger partial charge on any atom is 0.242 e. The third-order valence-electron chi connectivity index (χ3n) is 5.57. The van der Waals surface area contributed by atoms with Gasteiger partial charge in [-0.25, -0.2) is 8.42 Å². The lowest BCUT2D eigenvalue weighted by Crippen LogP contribution is -2.48. The maximum atomic E-state index is 13.3. The number of hydrogen-bond donors (Lipinski definition) is 1. The highest BCUT2D eigenvalue weighted by molar-refractivity contribution is 9.10. The summed E-state index contributed by atoms with van der Waals surface area (Å²) in [6.07, 6.45) is 3.15. The van der Waals surface area contributed by atoms with Gasteiger partial charge in [-0.2, -0.15) is 0 Å². The van der Waals surface area contributed by atoms with Crippen molar-refractivity contribution in [2.45, 2.75) is 52.1 Å². The summed E-state index contributed by atoms with van der Waals surface area (Å²) < 4.78 is 27.0. The molecule has 1 atom stereocenters. The van der Waals surface area contributed by atoms with Crippen LogP contribution in [-0.4, -0.2) is 50.5 Å². The normalized spacial score (nSPS) is 12.2. The highest BCUT2D eigenvalue weighted by Crippen LogP contribution is 2.31. The van der Waals surface area contributed by atoms with Crippen molar-refractivity contribution in [3.8, 4) is 0 Å². The molecule has 0 saturated carbocycles. The molecule has 11 heteroatoms. The Labute approximate surface area is 232 Å². The van der Waals surface area contributed by atoms with Crippen LogP contribution in [0.1, 0.15) is 45.1 Å². The summed E-state index contributed by atoms with van der Waals surface area (Å²) in [6.45, 7) is 4.56. The Morgan fingerprint density at radius 3 is 2.47 bits per heavy atom. The third-order valence-corrected chi connectivity index (χ3v) is 7.80. The topological polar surface area (TPSA) is 86.8 Å². The number of benzene rings is 2. The van der Waals surface area contributed by atoms with Crippen LogP contribution in [0.4, 0.5) is 5.69 Å². The van der Waals surface area contributed by atoms with Crippen LogP contribution >= 0.6 is 39.1 Å². The molecule has 36 heavy (non-hydrogen) atoms. The van der Waals surface area contributed by atoms with Crippen molar-refractivity contribution in [1.29, 1.82) is 0 Å². The van der Waals surface area contributed by atoms with E-state index in [0.29, 0.717) is 11.6 Å². The lowest BCUT2D eigenvalue weighted by Gasteiger charge is -2.29. The molecular weight excluding hydrogens is 589 g/mol. The Morgan fingerprint density at radius 1 is 1.11 bits per heavy atom. The summed E-state index contributed by atoms with van der Waals surface area (Å²) in [7, 11) is -3.68. The van der Waals surface area contributed by atoms with E-state index in [1.54, 1.807) is 13.0 Å². The van der Waals surface area contributed by atoms with E-state index in [1.165, 1.54) is 17.0 Å². The number of nitrogens with one attached hydrogen (secondary N) is 1. The standard InChI is InChI=1S/C25H32BrCl2N3O4S/c1-4-5-13-29-25(33)18(2)30(17-19-8-6-9-20(26)15-19)24(32)10-7-14-31(36(3,34)35)23-16-21(27)11-12-22(23)28/h6,8-9,11-12,15-16,18H,4-5,7,10,13-14,17H2,1-3H3,(H,29,33)/t18-/m1/s1. The van der Waals surface area contributed by atoms with E-state index in [-0.39, 0.29) is 48.5 Å². The first-order valence-electron chi connectivity index (χ1n) is 11.7. The van der Waals surface area contributed by atoms with Crippen LogP contribution in [0.25, 0.3) is 0 Å². The van der Waals surface area contributed by atoms with E-state index < -0.39 is 16.1 Å². The third kappa shape index (κ3) is 9.25. The molecule has 0 aliphatic rings. The molecule has 0 aliphatic carbocycles. The number of rotatable bonds is 13. The number of halogens is 3. The largest absolute Gasteiger partial charge is 0.354 e. The van der Waals surface area contributed by atoms with Crippen molar-refractivity contribution in [3.05, 3.63) is 62.5 Å². The van der Waals surface area contributed by atoms with Crippen LogP contribution in [0.3, 0.4) is 0 Å². The molecule has 0 unspecified atom stereocenters. The van der Waals surface area contributed by atoms with Gasteiger partial charge in [-0.15, -0.1) is 0 Å². The van der Waals surface area contributed by atoms with Crippen LogP contribution in [0.2, 0.25) is 10.0 Å². The molecule has 198 valence electrons. The van der Waals surface area contributed by atoms with Gasteiger partial charge in [0.05, 0.1) is 17.0 Å². The monoisotopic (exact) mass is 619 g/mol. The fourth-order valence-electron chi connectivity index (χ4n) is 3.61. The number of amides is 2. The van der Waals surface area contributed by atoms with Crippen molar-refractivity contribution in [2.75, 3.05) is 23.7 Å². The van der Waals surface area contributed by atoms with Gasteiger partial charge in [0.2, 0.25) is 21.8 Å².